The molecule has 1 heterocycles. The molecule has 6 nitrogen and oxygen atoms in total. The number of nitrogens with zero attached hydrogens (tertiary/aromatic N) is 2. The molecule has 29 heavy (non-hydrogen) atoms. The predicted molar refractivity (Wildman–Crippen MR) is 118 cm³/mol. The summed E-state index contributed by atoms with van der Waals surface area (Å²) in [4.78, 5) is 23.0. The number of carbonyl (C=O) groups excluding carboxylic acids is 2. The Labute approximate surface area is 183 Å². The lowest BCUT2D eigenvalue weighted by Crippen LogP contribution is -2.03. The van der Waals surface area contributed by atoms with Crippen LogP contribution in [-0.4, -0.2) is 39.4 Å². The zero-order valence-electron chi connectivity index (χ0n) is 16.9. The molecule has 0 spiro atoms. The second kappa shape index (κ2) is 12.2. The van der Waals surface area contributed by atoms with Gasteiger partial charge in [0, 0.05) is 17.9 Å². The minimum atomic E-state index is -0.163. The summed E-state index contributed by atoms with van der Waals surface area (Å²) in [6.07, 6.45) is 2.77. The standard InChI is InChI=1S/C20H26N2O4S3/c1-4-7-16-14(9-10-15(13(3)23)18(16)25)12-28-20-22-21-19(29-20)27-11-6-8-17(24)26-5-2/h9-10,25H,4-8,11-12H2,1-3H3. The number of esters is 1. The number of phenolic OH excluding ortho intramolecular Hbond substituents is 1. The first-order valence-electron chi connectivity index (χ1n) is 9.55. The number of carbonyl (C=O) groups is 2. The van der Waals surface area contributed by atoms with Crippen LogP contribution in [0.25, 0.3) is 0 Å². The molecule has 9 heteroatoms. The van der Waals surface area contributed by atoms with Gasteiger partial charge in [0.05, 0.1) is 12.2 Å². The molecule has 0 amide bonds. The van der Waals surface area contributed by atoms with Crippen LogP contribution in [0.4, 0.5) is 0 Å². The van der Waals surface area contributed by atoms with Crippen LogP contribution in [0, 0.1) is 0 Å². The maximum atomic E-state index is 11.7. The maximum absolute atomic E-state index is 11.7. The molecular formula is C20H26N2O4S3. The van der Waals surface area contributed by atoms with Crippen molar-refractivity contribution in [1.82, 2.24) is 10.2 Å². The van der Waals surface area contributed by atoms with E-state index >= 15 is 0 Å². The van der Waals surface area contributed by atoms with Gasteiger partial charge in [0.15, 0.2) is 14.5 Å². The maximum Gasteiger partial charge on any atom is 0.305 e. The zero-order chi connectivity index (χ0) is 21.2. The van der Waals surface area contributed by atoms with Crippen molar-refractivity contribution < 1.29 is 19.4 Å². The van der Waals surface area contributed by atoms with Gasteiger partial charge in [-0.25, -0.2) is 0 Å². The number of hydrogen-bond donors (Lipinski definition) is 1. The van der Waals surface area contributed by atoms with E-state index in [0.717, 1.165) is 44.8 Å². The van der Waals surface area contributed by atoms with Crippen molar-refractivity contribution in [2.75, 3.05) is 12.4 Å². The number of ketones is 1. The second-order valence-electron chi connectivity index (χ2n) is 6.29. The summed E-state index contributed by atoms with van der Waals surface area (Å²) < 4.78 is 6.65. The van der Waals surface area contributed by atoms with Crippen LogP contribution in [0.2, 0.25) is 0 Å². The third kappa shape index (κ3) is 7.31. The molecule has 1 N–H and O–H groups in total. The number of Topliss-reactive ketones (excluding diaryl/α,β-unsaturated/α-hetero) is 1. The van der Waals surface area contributed by atoms with E-state index in [1.165, 1.54) is 18.3 Å². The third-order valence-corrected chi connectivity index (χ3v) is 7.38. The first kappa shape index (κ1) is 23.7. The monoisotopic (exact) mass is 454 g/mol. The van der Waals surface area contributed by atoms with Crippen LogP contribution in [0.3, 0.4) is 0 Å². The number of thioether (sulfide) groups is 2. The summed E-state index contributed by atoms with van der Waals surface area (Å²) in [6.45, 7) is 5.73. The highest BCUT2D eigenvalue weighted by Crippen LogP contribution is 2.35. The lowest BCUT2D eigenvalue weighted by atomic mass is 9.98. The molecule has 0 radical (unpaired) electrons. The van der Waals surface area contributed by atoms with Gasteiger partial charge in [-0.15, -0.1) is 10.2 Å². The number of ether oxygens (including phenoxy) is 1. The average molecular weight is 455 g/mol. The Morgan fingerprint density at radius 2 is 1.90 bits per heavy atom. The molecule has 0 aliphatic rings. The lowest BCUT2D eigenvalue weighted by molar-refractivity contribution is -0.143. The van der Waals surface area contributed by atoms with E-state index in [4.69, 9.17) is 4.74 Å². The van der Waals surface area contributed by atoms with Crippen molar-refractivity contribution in [2.45, 2.75) is 60.9 Å². The van der Waals surface area contributed by atoms with Gasteiger partial charge in [-0.05, 0) is 43.9 Å². The summed E-state index contributed by atoms with van der Waals surface area (Å²) in [6, 6.07) is 3.61. The summed E-state index contributed by atoms with van der Waals surface area (Å²) in [5.74, 6) is 1.26. The molecule has 0 aliphatic heterocycles. The topological polar surface area (TPSA) is 89.4 Å². The Balaban J connectivity index is 1.91. The highest BCUT2D eigenvalue weighted by molar-refractivity contribution is 8.02. The molecule has 1 aromatic heterocycles. The molecule has 0 bridgehead atoms. The molecular weight excluding hydrogens is 428 g/mol. The first-order valence-corrected chi connectivity index (χ1v) is 12.3. The molecule has 0 atom stereocenters. The first-order chi connectivity index (χ1) is 14.0. The molecule has 0 saturated heterocycles. The summed E-state index contributed by atoms with van der Waals surface area (Å²) >= 11 is 4.68. The third-order valence-electron chi connectivity index (χ3n) is 4.05. The van der Waals surface area contributed by atoms with Crippen molar-refractivity contribution >= 4 is 46.6 Å². The van der Waals surface area contributed by atoms with Crippen LogP contribution < -0.4 is 0 Å². The van der Waals surface area contributed by atoms with E-state index in [2.05, 4.69) is 10.2 Å². The summed E-state index contributed by atoms with van der Waals surface area (Å²) in [5.41, 5.74) is 2.23. The normalized spacial score (nSPS) is 10.9. The van der Waals surface area contributed by atoms with Gasteiger partial charge >= 0.3 is 5.97 Å². The fourth-order valence-electron chi connectivity index (χ4n) is 2.69. The molecule has 0 saturated carbocycles. The van der Waals surface area contributed by atoms with Crippen LogP contribution in [0.5, 0.6) is 5.75 Å². The van der Waals surface area contributed by atoms with Gasteiger partial charge in [0.2, 0.25) is 0 Å². The number of phenols is 1. The SMILES string of the molecule is CCCc1c(CSc2nnc(SCCCC(=O)OCC)s2)ccc(C(C)=O)c1O. The zero-order valence-corrected chi connectivity index (χ0v) is 19.3. The molecule has 2 aromatic rings. The van der Waals surface area contributed by atoms with E-state index < -0.39 is 0 Å². The fourth-order valence-corrected chi connectivity index (χ4v) is 5.74. The number of rotatable bonds is 12. The van der Waals surface area contributed by atoms with Crippen molar-refractivity contribution in [2.24, 2.45) is 0 Å². The minimum Gasteiger partial charge on any atom is -0.507 e. The molecule has 0 unspecified atom stereocenters. The van der Waals surface area contributed by atoms with Gasteiger partial charge in [-0.1, -0.05) is 54.3 Å². The number of benzene rings is 1. The quantitative estimate of drug-likeness (QED) is 0.204. The van der Waals surface area contributed by atoms with Crippen molar-refractivity contribution in [1.29, 1.82) is 0 Å². The van der Waals surface area contributed by atoms with E-state index in [1.54, 1.807) is 36.5 Å². The van der Waals surface area contributed by atoms with Gasteiger partial charge in [-0.2, -0.15) is 0 Å². The second-order valence-corrected chi connectivity index (χ2v) is 9.83. The Kier molecular flexibility index (Phi) is 9.96. The highest BCUT2D eigenvalue weighted by atomic mass is 32.2. The van der Waals surface area contributed by atoms with Gasteiger partial charge in [0.1, 0.15) is 5.75 Å². The minimum absolute atomic E-state index is 0.104. The number of aromatic hydroxyl groups is 1. The highest BCUT2D eigenvalue weighted by Gasteiger charge is 2.16. The molecule has 1 aromatic carbocycles. The number of hydrogen-bond acceptors (Lipinski definition) is 9. The average Bonchev–Trinajstić information content (AvgIpc) is 3.13. The van der Waals surface area contributed by atoms with Gasteiger partial charge in [0.25, 0.3) is 0 Å². The Bertz CT molecular complexity index is 839. The van der Waals surface area contributed by atoms with Crippen molar-refractivity contribution in [3.8, 4) is 5.75 Å². The molecule has 158 valence electrons. The van der Waals surface area contributed by atoms with E-state index in [9.17, 15) is 14.7 Å². The summed E-state index contributed by atoms with van der Waals surface area (Å²) in [7, 11) is 0. The molecule has 0 aliphatic carbocycles. The van der Waals surface area contributed by atoms with Crippen molar-refractivity contribution in [3.05, 3.63) is 28.8 Å². The van der Waals surface area contributed by atoms with Crippen LogP contribution in [-0.2, 0) is 21.7 Å². The fraction of sp³-hybridized carbons (Fsp3) is 0.500. The van der Waals surface area contributed by atoms with E-state index in [0.29, 0.717) is 24.3 Å². The van der Waals surface area contributed by atoms with Crippen LogP contribution in [0.1, 0.15) is 61.5 Å². The van der Waals surface area contributed by atoms with E-state index in [1.807, 2.05) is 13.0 Å². The Morgan fingerprint density at radius 3 is 2.55 bits per heavy atom. The molecule has 0 fully saturated rings. The van der Waals surface area contributed by atoms with Gasteiger partial charge < -0.3 is 9.84 Å². The number of aromatic nitrogens is 2. The predicted octanol–water partition coefficient (Wildman–Crippen LogP) is 5.13. The molecule has 2 rings (SSSR count). The Hall–Kier alpha value is -1.58. The lowest BCUT2D eigenvalue weighted by Gasteiger charge is -2.12. The smallest absolute Gasteiger partial charge is 0.305 e. The van der Waals surface area contributed by atoms with Crippen LogP contribution in [0.15, 0.2) is 20.8 Å². The van der Waals surface area contributed by atoms with Crippen LogP contribution >= 0.6 is 34.9 Å². The van der Waals surface area contributed by atoms with Crippen molar-refractivity contribution in [3.63, 3.8) is 0 Å². The van der Waals surface area contributed by atoms with Gasteiger partial charge in [-0.3, -0.25) is 9.59 Å². The largest absolute Gasteiger partial charge is 0.507 e. The van der Waals surface area contributed by atoms with E-state index in [-0.39, 0.29) is 17.5 Å². The summed E-state index contributed by atoms with van der Waals surface area (Å²) in [5, 5.41) is 18.9. The Morgan fingerprint density at radius 1 is 1.17 bits per heavy atom.